The van der Waals surface area contributed by atoms with Gasteiger partial charge in [-0.05, 0) is 56.6 Å². The first-order valence-corrected chi connectivity index (χ1v) is 9.53. The van der Waals surface area contributed by atoms with E-state index in [-0.39, 0.29) is 23.4 Å². The highest BCUT2D eigenvalue weighted by molar-refractivity contribution is 7.10. The Hall–Kier alpha value is -1.80. The molecule has 0 aromatic carbocycles. The van der Waals surface area contributed by atoms with Gasteiger partial charge >= 0.3 is 0 Å². The molecule has 2 heterocycles. The zero-order valence-electron chi connectivity index (χ0n) is 13.9. The number of hydrogen-bond donors (Lipinski definition) is 1. The molecule has 6 nitrogen and oxygen atoms in total. The Kier molecular flexibility index (Phi) is 4.69. The normalized spacial score (nSPS) is 15.8. The smallest absolute Gasteiger partial charge is 0.276 e. The van der Waals surface area contributed by atoms with Gasteiger partial charge in [0.15, 0.2) is 5.69 Å². The second-order valence-corrected chi connectivity index (χ2v) is 8.48. The number of nitrogens with one attached hydrogen (secondary N) is 1. The quantitative estimate of drug-likeness (QED) is 0.885. The summed E-state index contributed by atoms with van der Waals surface area (Å²) in [5, 5.41) is 10.5. The molecule has 24 heavy (non-hydrogen) atoms. The molecule has 1 atom stereocenters. The van der Waals surface area contributed by atoms with E-state index < -0.39 is 6.04 Å². The van der Waals surface area contributed by atoms with Crippen LogP contribution in [0.15, 0.2) is 22.9 Å². The predicted molar refractivity (Wildman–Crippen MR) is 94.1 cm³/mol. The van der Waals surface area contributed by atoms with Gasteiger partial charge in [-0.3, -0.25) is 9.59 Å². The molecular formula is C16H20N4O2S2. The summed E-state index contributed by atoms with van der Waals surface area (Å²) in [7, 11) is 0. The lowest BCUT2D eigenvalue weighted by molar-refractivity contribution is -0.127. The van der Waals surface area contributed by atoms with Crippen LogP contribution in [0.25, 0.3) is 0 Å². The van der Waals surface area contributed by atoms with Gasteiger partial charge in [-0.15, -0.1) is 16.4 Å². The van der Waals surface area contributed by atoms with Crippen molar-refractivity contribution in [1.82, 2.24) is 19.8 Å². The third-order valence-corrected chi connectivity index (χ3v) is 5.02. The van der Waals surface area contributed by atoms with Crippen LogP contribution in [0.2, 0.25) is 0 Å². The van der Waals surface area contributed by atoms with Crippen molar-refractivity contribution >= 4 is 34.7 Å². The zero-order valence-corrected chi connectivity index (χ0v) is 15.5. The molecule has 1 aliphatic rings. The molecule has 1 saturated carbocycles. The third-order valence-electron chi connectivity index (χ3n) is 3.59. The van der Waals surface area contributed by atoms with Crippen LogP contribution in [-0.2, 0) is 4.79 Å². The minimum Gasteiger partial charge on any atom is -0.349 e. The van der Waals surface area contributed by atoms with Crippen LogP contribution in [0.3, 0.4) is 0 Å². The molecule has 1 aliphatic carbocycles. The van der Waals surface area contributed by atoms with E-state index in [4.69, 9.17) is 0 Å². The first-order valence-electron chi connectivity index (χ1n) is 7.82. The van der Waals surface area contributed by atoms with Crippen LogP contribution in [0.4, 0.5) is 0 Å². The molecule has 1 unspecified atom stereocenters. The van der Waals surface area contributed by atoms with Gasteiger partial charge < -0.3 is 10.2 Å². The Bertz CT molecular complexity index is 703. The summed E-state index contributed by atoms with van der Waals surface area (Å²) < 4.78 is 3.78. The number of amides is 2. The summed E-state index contributed by atoms with van der Waals surface area (Å²) in [6.07, 6.45) is 1.82. The van der Waals surface area contributed by atoms with Crippen molar-refractivity contribution in [2.75, 3.05) is 0 Å². The Balaban J connectivity index is 1.96. The lowest BCUT2D eigenvalue weighted by atomic mass is 10.1. The summed E-state index contributed by atoms with van der Waals surface area (Å²) in [6.45, 7) is 5.80. The van der Waals surface area contributed by atoms with E-state index >= 15 is 0 Å². The second kappa shape index (κ2) is 6.60. The van der Waals surface area contributed by atoms with Gasteiger partial charge in [-0.1, -0.05) is 10.6 Å². The number of carbonyl (C=O) groups is 2. The largest absolute Gasteiger partial charge is 0.349 e. The van der Waals surface area contributed by atoms with E-state index in [1.165, 1.54) is 11.3 Å². The van der Waals surface area contributed by atoms with Crippen molar-refractivity contribution in [2.24, 2.45) is 0 Å². The van der Waals surface area contributed by atoms with Crippen molar-refractivity contribution in [3.8, 4) is 0 Å². The molecule has 2 amide bonds. The molecule has 3 rings (SSSR count). The highest BCUT2D eigenvalue weighted by Crippen LogP contribution is 2.37. The summed E-state index contributed by atoms with van der Waals surface area (Å²) in [5.74, 6) is -0.387. The maximum atomic E-state index is 13.0. The van der Waals surface area contributed by atoms with Crippen LogP contribution < -0.4 is 5.32 Å². The van der Waals surface area contributed by atoms with Crippen LogP contribution in [0.5, 0.6) is 0 Å². The van der Waals surface area contributed by atoms with Gasteiger partial charge in [-0.25, -0.2) is 0 Å². The average Bonchev–Trinajstić information content (AvgIpc) is 3.00. The van der Waals surface area contributed by atoms with Crippen LogP contribution in [-0.4, -0.2) is 37.9 Å². The fourth-order valence-electron chi connectivity index (χ4n) is 2.51. The van der Waals surface area contributed by atoms with Gasteiger partial charge in [0, 0.05) is 21.8 Å². The number of rotatable bonds is 5. The highest BCUT2D eigenvalue weighted by atomic mass is 32.1. The molecular weight excluding hydrogens is 344 g/mol. The maximum absolute atomic E-state index is 13.0. The molecule has 1 fully saturated rings. The number of hydrogen-bond acceptors (Lipinski definition) is 6. The Morgan fingerprint density at radius 1 is 1.38 bits per heavy atom. The number of carbonyl (C=O) groups excluding carboxylic acids is 2. The molecule has 0 radical (unpaired) electrons. The van der Waals surface area contributed by atoms with E-state index in [9.17, 15) is 9.59 Å². The molecule has 8 heteroatoms. The fraction of sp³-hybridized carbons (Fsp3) is 0.500. The molecule has 2 aromatic heterocycles. The van der Waals surface area contributed by atoms with Gasteiger partial charge in [0.05, 0.1) is 0 Å². The molecule has 0 aliphatic heterocycles. The summed E-state index contributed by atoms with van der Waals surface area (Å²) in [5.41, 5.74) is -0.0652. The molecule has 2 aromatic rings. The van der Waals surface area contributed by atoms with Crippen molar-refractivity contribution in [2.45, 2.75) is 51.2 Å². The van der Waals surface area contributed by atoms with Crippen molar-refractivity contribution < 1.29 is 9.59 Å². The number of nitrogens with zero attached hydrogens (tertiary/aromatic N) is 3. The van der Waals surface area contributed by atoms with E-state index in [0.29, 0.717) is 5.69 Å². The monoisotopic (exact) mass is 364 g/mol. The Morgan fingerprint density at radius 2 is 2.12 bits per heavy atom. The van der Waals surface area contributed by atoms with Crippen LogP contribution in [0, 0.1) is 0 Å². The Labute approximate surface area is 149 Å². The first-order chi connectivity index (χ1) is 11.4. The van der Waals surface area contributed by atoms with Crippen molar-refractivity contribution in [3.05, 3.63) is 33.5 Å². The average molecular weight is 364 g/mol. The van der Waals surface area contributed by atoms with Crippen LogP contribution in [0.1, 0.15) is 55.0 Å². The van der Waals surface area contributed by atoms with Crippen LogP contribution >= 0.6 is 22.9 Å². The standard InChI is InChI=1S/C16H20N4O2S2/c1-16(2,3)17-14(21)13(12-5-4-8-23-12)20(10-6-7-10)15(22)11-9-24-19-18-11/h4-5,8-10,13H,6-7H2,1-3H3,(H,17,21). The molecule has 1 N–H and O–H groups in total. The van der Waals surface area contributed by atoms with Gasteiger partial charge in [0.2, 0.25) is 5.91 Å². The zero-order chi connectivity index (χ0) is 17.3. The van der Waals surface area contributed by atoms with E-state index in [1.54, 1.807) is 10.3 Å². The first kappa shape index (κ1) is 17.0. The minimum absolute atomic E-state index is 0.0806. The van der Waals surface area contributed by atoms with Gasteiger partial charge in [0.1, 0.15) is 6.04 Å². The fourth-order valence-corrected chi connectivity index (χ4v) is 3.77. The second-order valence-electron chi connectivity index (χ2n) is 6.89. The van der Waals surface area contributed by atoms with Gasteiger partial charge in [0.25, 0.3) is 5.91 Å². The summed E-state index contributed by atoms with van der Waals surface area (Å²) >= 11 is 2.62. The van der Waals surface area contributed by atoms with E-state index in [1.807, 2.05) is 38.3 Å². The SMILES string of the molecule is CC(C)(C)NC(=O)C(c1cccs1)N(C(=O)c1csnn1)C1CC1. The lowest BCUT2D eigenvalue weighted by Gasteiger charge is -2.32. The van der Waals surface area contributed by atoms with E-state index in [2.05, 4.69) is 14.9 Å². The molecule has 0 saturated heterocycles. The molecule has 0 spiro atoms. The van der Waals surface area contributed by atoms with Gasteiger partial charge in [-0.2, -0.15) is 0 Å². The molecule has 128 valence electrons. The predicted octanol–water partition coefficient (Wildman–Crippen LogP) is 2.86. The number of thiophene rings is 1. The minimum atomic E-state index is -0.633. The summed E-state index contributed by atoms with van der Waals surface area (Å²) in [6, 6.07) is 3.25. The van der Waals surface area contributed by atoms with Crippen molar-refractivity contribution in [1.29, 1.82) is 0 Å². The topological polar surface area (TPSA) is 75.2 Å². The summed E-state index contributed by atoms with van der Waals surface area (Å²) in [4.78, 5) is 28.5. The third kappa shape index (κ3) is 3.81. The maximum Gasteiger partial charge on any atom is 0.276 e. The Morgan fingerprint density at radius 3 is 2.62 bits per heavy atom. The highest BCUT2D eigenvalue weighted by Gasteiger charge is 2.43. The van der Waals surface area contributed by atoms with E-state index in [0.717, 1.165) is 29.3 Å². The van der Waals surface area contributed by atoms with Crippen molar-refractivity contribution in [3.63, 3.8) is 0 Å². The lowest BCUT2D eigenvalue weighted by Crippen LogP contribution is -2.49. The molecule has 0 bridgehead atoms. The number of aromatic nitrogens is 2.